The van der Waals surface area contributed by atoms with Crippen molar-refractivity contribution in [2.75, 3.05) is 20.6 Å². The van der Waals surface area contributed by atoms with E-state index in [1.165, 1.54) is 39.0 Å². The molecule has 0 bridgehead atoms. The summed E-state index contributed by atoms with van der Waals surface area (Å²) in [5, 5.41) is 0. The van der Waals surface area contributed by atoms with Crippen LogP contribution in [0.2, 0.25) is 0 Å². The highest BCUT2D eigenvalue weighted by molar-refractivity contribution is 5.72. The van der Waals surface area contributed by atoms with Gasteiger partial charge in [-0.2, -0.15) is 0 Å². The highest BCUT2D eigenvalue weighted by Gasteiger charge is 2.19. The van der Waals surface area contributed by atoms with Gasteiger partial charge in [0.15, 0.2) is 0 Å². The number of fused-ring (bicyclic) bond motifs is 1. The van der Waals surface area contributed by atoms with Crippen molar-refractivity contribution >= 4 is 12.2 Å². The number of benzene rings is 1. The zero-order valence-corrected chi connectivity index (χ0v) is 14.1. The maximum Gasteiger partial charge on any atom is 0.0193 e. The largest absolute Gasteiger partial charge is 0.305 e. The van der Waals surface area contributed by atoms with Crippen molar-refractivity contribution in [3.05, 3.63) is 57.7 Å². The molecule has 0 radical (unpaired) electrons. The molecule has 1 nitrogen and oxygen atoms in total. The Bertz CT molecular complexity index is 611. The summed E-state index contributed by atoms with van der Waals surface area (Å²) < 4.78 is 0. The van der Waals surface area contributed by atoms with Gasteiger partial charge in [-0.3, -0.25) is 0 Å². The SMILES string of the molecule is C=CCc1c(C=C(C)C)cc2c(c1C)CC(CN(C)C)=C2. The maximum absolute atomic E-state index is 3.92. The second kappa shape index (κ2) is 6.44. The number of hydrogen-bond donors (Lipinski definition) is 0. The lowest BCUT2D eigenvalue weighted by molar-refractivity contribution is 0.444. The van der Waals surface area contributed by atoms with E-state index in [9.17, 15) is 0 Å². The van der Waals surface area contributed by atoms with E-state index < -0.39 is 0 Å². The van der Waals surface area contributed by atoms with E-state index in [-0.39, 0.29) is 0 Å². The highest BCUT2D eigenvalue weighted by atomic mass is 15.0. The molecule has 0 aliphatic heterocycles. The molecule has 0 saturated carbocycles. The average Bonchev–Trinajstić information content (AvgIpc) is 2.75. The number of likely N-dealkylation sites (N-methyl/N-ethyl adjacent to an activating group) is 1. The first kappa shape index (κ1) is 15.8. The summed E-state index contributed by atoms with van der Waals surface area (Å²) in [5.41, 5.74) is 10.0. The Balaban J connectivity index is 2.49. The number of nitrogens with zero attached hydrogens (tertiary/aromatic N) is 1. The predicted molar refractivity (Wildman–Crippen MR) is 94.6 cm³/mol. The fourth-order valence-corrected chi connectivity index (χ4v) is 3.18. The molecule has 0 amide bonds. The van der Waals surface area contributed by atoms with Crippen molar-refractivity contribution in [1.82, 2.24) is 4.90 Å². The first-order valence-corrected chi connectivity index (χ1v) is 7.67. The Morgan fingerprint density at radius 3 is 2.62 bits per heavy atom. The Kier molecular flexibility index (Phi) is 4.84. The predicted octanol–water partition coefficient (Wildman–Crippen LogP) is 4.65. The van der Waals surface area contributed by atoms with Crippen LogP contribution in [0.5, 0.6) is 0 Å². The summed E-state index contributed by atoms with van der Waals surface area (Å²) >= 11 is 0. The van der Waals surface area contributed by atoms with Gasteiger partial charge in [0.1, 0.15) is 0 Å². The quantitative estimate of drug-likeness (QED) is 0.710. The standard InChI is InChI=1S/C20H27N/c1-7-8-19-15(4)20-11-16(13-21(5)6)10-18(20)12-17(19)9-14(2)3/h7,9-10,12H,1,8,11,13H2,2-6H3. The Morgan fingerprint density at radius 1 is 1.33 bits per heavy atom. The molecule has 0 aromatic heterocycles. The molecule has 2 rings (SSSR count). The van der Waals surface area contributed by atoms with Crippen LogP contribution in [0.3, 0.4) is 0 Å². The zero-order valence-electron chi connectivity index (χ0n) is 14.1. The van der Waals surface area contributed by atoms with Gasteiger partial charge in [-0.05, 0) is 81.6 Å². The van der Waals surface area contributed by atoms with Crippen LogP contribution in [0.15, 0.2) is 29.9 Å². The zero-order chi connectivity index (χ0) is 15.6. The lowest BCUT2D eigenvalue weighted by Crippen LogP contribution is -2.15. The van der Waals surface area contributed by atoms with Crippen LogP contribution in [-0.4, -0.2) is 25.5 Å². The smallest absolute Gasteiger partial charge is 0.0193 e. The van der Waals surface area contributed by atoms with Gasteiger partial charge in [0.05, 0.1) is 0 Å². The van der Waals surface area contributed by atoms with Crippen molar-refractivity contribution in [3.63, 3.8) is 0 Å². The van der Waals surface area contributed by atoms with Crippen LogP contribution in [0, 0.1) is 6.92 Å². The fraction of sp³-hybridized carbons (Fsp3) is 0.400. The van der Waals surface area contributed by atoms with Gasteiger partial charge in [0.25, 0.3) is 0 Å². The average molecular weight is 281 g/mol. The Hall–Kier alpha value is -1.60. The van der Waals surface area contributed by atoms with Crippen molar-refractivity contribution in [2.45, 2.75) is 33.6 Å². The summed E-state index contributed by atoms with van der Waals surface area (Å²) in [6.07, 6.45) is 8.73. The summed E-state index contributed by atoms with van der Waals surface area (Å²) in [6.45, 7) is 11.6. The molecule has 1 aliphatic carbocycles. The van der Waals surface area contributed by atoms with Crippen LogP contribution in [-0.2, 0) is 12.8 Å². The molecule has 0 spiro atoms. The van der Waals surface area contributed by atoms with Gasteiger partial charge in [0, 0.05) is 6.54 Å². The summed E-state index contributed by atoms with van der Waals surface area (Å²) in [6, 6.07) is 2.36. The third-order valence-corrected chi connectivity index (χ3v) is 3.99. The minimum atomic E-state index is 0.946. The number of rotatable bonds is 5. The molecular weight excluding hydrogens is 254 g/mol. The van der Waals surface area contributed by atoms with Crippen molar-refractivity contribution in [3.8, 4) is 0 Å². The number of hydrogen-bond acceptors (Lipinski definition) is 1. The van der Waals surface area contributed by atoms with E-state index in [2.05, 4.69) is 64.6 Å². The van der Waals surface area contributed by atoms with Crippen LogP contribution in [0.4, 0.5) is 0 Å². The fourth-order valence-electron chi connectivity index (χ4n) is 3.18. The Labute approximate surface area is 129 Å². The van der Waals surface area contributed by atoms with E-state index >= 15 is 0 Å². The van der Waals surface area contributed by atoms with Gasteiger partial charge in [0.2, 0.25) is 0 Å². The molecule has 1 aliphatic rings. The summed E-state index contributed by atoms with van der Waals surface area (Å²) in [5.74, 6) is 0. The van der Waals surface area contributed by atoms with E-state index in [1.807, 2.05) is 6.08 Å². The molecule has 0 fully saturated rings. The van der Waals surface area contributed by atoms with Crippen molar-refractivity contribution < 1.29 is 0 Å². The molecule has 1 aromatic carbocycles. The van der Waals surface area contributed by atoms with Crippen LogP contribution in [0.1, 0.15) is 41.7 Å². The minimum Gasteiger partial charge on any atom is -0.305 e. The lowest BCUT2D eigenvalue weighted by Gasteiger charge is -2.15. The molecular formula is C20H27N. The van der Waals surface area contributed by atoms with Gasteiger partial charge in [-0.25, -0.2) is 0 Å². The van der Waals surface area contributed by atoms with E-state index in [4.69, 9.17) is 0 Å². The summed E-state index contributed by atoms with van der Waals surface area (Å²) in [4.78, 5) is 2.24. The van der Waals surface area contributed by atoms with Gasteiger partial charge in [-0.15, -0.1) is 6.58 Å². The molecule has 0 unspecified atom stereocenters. The molecule has 0 saturated heterocycles. The first-order chi connectivity index (χ1) is 9.92. The third kappa shape index (κ3) is 3.54. The van der Waals surface area contributed by atoms with Gasteiger partial charge >= 0.3 is 0 Å². The Morgan fingerprint density at radius 2 is 2.05 bits per heavy atom. The van der Waals surface area contributed by atoms with Crippen LogP contribution >= 0.6 is 0 Å². The first-order valence-electron chi connectivity index (χ1n) is 7.67. The monoisotopic (exact) mass is 281 g/mol. The molecule has 112 valence electrons. The van der Waals surface area contributed by atoms with Gasteiger partial charge < -0.3 is 4.90 Å². The van der Waals surface area contributed by atoms with E-state index in [1.54, 1.807) is 0 Å². The second-order valence-electron chi connectivity index (χ2n) is 6.57. The van der Waals surface area contributed by atoms with Gasteiger partial charge in [-0.1, -0.05) is 29.4 Å². The van der Waals surface area contributed by atoms with Crippen molar-refractivity contribution in [1.29, 1.82) is 0 Å². The van der Waals surface area contributed by atoms with Crippen LogP contribution < -0.4 is 0 Å². The van der Waals surface area contributed by atoms with E-state index in [0.29, 0.717) is 0 Å². The van der Waals surface area contributed by atoms with Crippen LogP contribution in [0.25, 0.3) is 12.2 Å². The van der Waals surface area contributed by atoms with E-state index in [0.717, 1.165) is 19.4 Å². The van der Waals surface area contributed by atoms with Crippen molar-refractivity contribution in [2.24, 2.45) is 0 Å². The topological polar surface area (TPSA) is 3.24 Å². The minimum absolute atomic E-state index is 0.946. The molecule has 0 heterocycles. The normalized spacial score (nSPS) is 13.1. The molecule has 0 N–H and O–H groups in total. The third-order valence-electron chi connectivity index (χ3n) is 3.99. The molecule has 1 aromatic rings. The lowest BCUT2D eigenvalue weighted by atomic mass is 9.90. The highest BCUT2D eigenvalue weighted by Crippen LogP contribution is 2.33. The second-order valence-corrected chi connectivity index (χ2v) is 6.57. The number of allylic oxidation sites excluding steroid dienone is 2. The molecule has 1 heteroatoms. The molecule has 21 heavy (non-hydrogen) atoms. The maximum atomic E-state index is 3.92. The molecule has 0 atom stereocenters. The summed E-state index contributed by atoms with van der Waals surface area (Å²) in [7, 11) is 4.27.